The van der Waals surface area contributed by atoms with Crippen LogP contribution in [0.1, 0.15) is 23.2 Å². The normalized spacial score (nSPS) is 13.3. The van der Waals surface area contributed by atoms with E-state index in [1.807, 2.05) is 4.90 Å². The Morgan fingerprint density at radius 1 is 1.29 bits per heavy atom. The van der Waals surface area contributed by atoms with E-state index in [2.05, 4.69) is 40.5 Å². The van der Waals surface area contributed by atoms with Crippen LogP contribution in [-0.4, -0.2) is 27.0 Å². The molecule has 0 bridgehead atoms. The molecule has 21 heavy (non-hydrogen) atoms. The molecule has 5 heteroatoms. The number of nitrogens with zero attached hydrogens (tertiary/aromatic N) is 3. The van der Waals surface area contributed by atoms with E-state index in [0.717, 1.165) is 17.7 Å². The molecule has 0 spiro atoms. The van der Waals surface area contributed by atoms with Crippen molar-refractivity contribution in [1.29, 1.82) is 0 Å². The first-order chi connectivity index (χ1) is 10.3. The first-order valence-electron chi connectivity index (χ1n) is 6.95. The van der Waals surface area contributed by atoms with Crippen molar-refractivity contribution in [3.05, 3.63) is 53.6 Å². The van der Waals surface area contributed by atoms with Gasteiger partial charge in [0.1, 0.15) is 6.33 Å². The van der Waals surface area contributed by atoms with Gasteiger partial charge in [0.25, 0.3) is 0 Å². The average Bonchev–Trinajstić information content (AvgIpc) is 2.97. The molecular weight excluding hydrogens is 282 g/mol. The van der Waals surface area contributed by atoms with Crippen LogP contribution in [0.4, 0.5) is 0 Å². The third-order valence-corrected chi connectivity index (χ3v) is 4.47. The van der Waals surface area contributed by atoms with Crippen LogP contribution in [0.2, 0.25) is 0 Å². The van der Waals surface area contributed by atoms with E-state index >= 15 is 0 Å². The Balaban J connectivity index is 1.55. The second-order valence-corrected chi connectivity index (χ2v) is 5.97. The van der Waals surface area contributed by atoms with Crippen molar-refractivity contribution < 1.29 is 4.79 Å². The minimum atomic E-state index is 0.182. The van der Waals surface area contributed by atoms with Crippen LogP contribution < -0.4 is 0 Å². The molecule has 1 aromatic heterocycles. The molecule has 0 atom stereocenters. The van der Waals surface area contributed by atoms with Gasteiger partial charge in [0.2, 0.25) is 5.91 Å². The van der Waals surface area contributed by atoms with Gasteiger partial charge in [-0.1, -0.05) is 12.1 Å². The second-order valence-electron chi connectivity index (χ2n) is 5.09. The van der Waals surface area contributed by atoms with Crippen molar-refractivity contribution >= 4 is 17.7 Å². The number of fused-ring (bicyclic) bond motifs is 1. The molecule has 0 fully saturated rings. The van der Waals surface area contributed by atoms with Crippen molar-refractivity contribution in [2.75, 3.05) is 6.26 Å². The molecule has 0 saturated carbocycles. The van der Waals surface area contributed by atoms with E-state index in [0.29, 0.717) is 19.5 Å². The summed E-state index contributed by atoms with van der Waals surface area (Å²) in [7, 11) is 0. The lowest BCUT2D eigenvalue weighted by Gasteiger charge is -2.14. The summed E-state index contributed by atoms with van der Waals surface area (Å²) in [4.78, 5) is 23.6. The van der Waals surface area contributed by atoms with Gasteiger partial charge in [-0.3, -0.25) is 4.79 Å². The summed E-state index contributed by atoms with van der Waals surface area (Å²) < 4.78 is 0. The first kappa shape index (κ1) is 14.1. The fourth-order valence-electron chi connectivity index (χ4n) is 2.48. The number of carbonyl (C=O) groups is 1. The van der Waals surface area contributed by atoms with E-state index in [1.165, 1.54) is 10.5 Å². The summed E-state index contributed by atoms with van der Waals surface area (Å²) in [6.07, 6.45) is 6.73. The van der Waals surface area contributed by atoms with Gasteiger partial charge >= 0.3 is 0 Å². The maximum atomic E-state index is 12.3. The smallest absolute Gasteiger partial charge is 0.223 e. The van der Waals surface area contributed by atoms with Gasteiger partial charge in [0.05, 0.1) is 12.2 Å². The van der Waals surface area contributed by atoms with Crippen molar-refractivity contribution in [3.63, 3.8) is 0 Å². The number of aryl methyl sites for hydroxylation is 1. The predicted molar refractivity (Wildman–Crippen MR) is 82.8 cm³/mol. The van der Waals surface area contributed by atoms with Crippen LogP contribution in [0.15, 0.2) is 41.7 Å². The van der Waals surface area contributed by atoms with Gasteiger partial charge in [-0.15, -0.1) is 11.8 Å². The van der Waals surface area contributed by atoms with E-state index < -0.39 is 0 Å². The van der Waals surface area contributed by atoms with Crippen molar-refractivity contribution in [3.8, 4) is 0 Å². The minimum Gasteiger partial charge on any atom is -0.332 e. The molecule has 0 radical (unpaired) electrons. The summed E-state index contributed by atoms with van der Waals surface area (Å²) in [6.45, 7) is 1.25. The molecule has 4 nitrogen and oxygen atoms in total. The Morgan fingerprint density at radius 3 is 2.81 bits per heavy atom. The van der Waals surface area contributed by atoms with Crippen LogP contribution >= 0.6 is 11.8 Å². The van der Waals surface area contributed by atoms with Crippen molar-refractivity contribution in [1.82, 2.24) is 14.9 Å². The highest BCUT2D eigenvalue weighted by Gasteiger charge is 2.23. The largest absolute Gasteiger partial charge is 0.332 e. The molecular formula is C16H17N3OS. The molecule has 3 rings (SSSR count). The predicted octanol–water partition coefficient (Wildman–Crippen LogP) is 2.67. The number of amides is 1. The Kier molecular flexibility index (Phi) is 4.20. The SMILES string of the molecule is CSc1ccc(CCC(=O)N2Cc3cncnc3C2)cc1. The van der Waals surface area contributed by atoms with Crippen LogP contribution in [-0.2, 0) is 24.3 Å². The topological polar surface area (TPSA) is 46.1 Å². The Labute approximate surface area is 128 Å². The van der Waals surface area contributed by atoms with Crippen molar-refractivity contribution in [2.45, 2.75) is 30.8 Å². The van der Waals surface area contributed by atoms with Gasteiger partial charge in [-0.2, -0.15) is 0 Å². The number of benzene rings is 1. The first-order valence-corrected chi connectivity index (χ1v) is 8.17. The van der Waals surface area contributed by atoms with Crippen LogP contribution in [0.3, 0.4) is 0 Å². The lowest BCUT2D eigenvalue weighted by Crippen LogP contribution is -2.25. The van der Waals surface area contributed by atoms with E-state index in [-0.39, 0.29) is 5.91 Å². The van der Waals surface area contributed by atoms with Gasteiger partial charge in [0, 0.05) is 29.6 Å². The van der Waals surface area contributed by atoms with Gasteiger partial charge < -0.3 is 4.90 Å². The lowest BCUT2D eigenvalue weighted by molar-refractivity contribution is -0.131. The molecule has 1 aliphatic heterocycles. The third-order valence-electron chi connectivity index (χ3n) is 3.72. The second kappa shape index (κ2) is 6.26. The number of aromatic nitrogens is 2. The number of hydrogen-bond donors (Lipinski definition) is 0. The average molecular weight is 299 g/mol. The highest BCUT2D eigenvalue weighted by molar-refractivity contribution is 7.98. The molecule has 2 heterocycles. The van der Waals surface area contributed by atoms with Crippen LogP contribution in [0.5, 0.6) is 0 Å². The Bertz CT molecular complexity index is 617. The number of rotatable bonds is 4. The maximum absolute atomic E-state index is 12.3. The lowest BCUT2D eigenvalue weighted by atomic mass is 10.1. The zero-order chi connectivity index (χ0) is 14.7. The van der Waals surface area contributed by atoms with Crippen LogP contribution in [0, 0.1) is 0 Å². The molecule has 0 saturated heterocycles. The summed E-state index contributed by atoms with van der Waals surface area (Å²) in [5.74, 6) is 0.182. The quantitative estimate of drug-likeness (QED) is 0.814. The number of carbonyl (C=O) groups excluding carboxylic acids is 1. The van der Waals surface area contributed by atoms with E-state index in [1.54, 1.807) is 24.3 Å². The summed E-state index contributed by atoms with van der Waals surface area (Å²) in [5.41, 5.74) is 3.25. The fourth-order valence-corrected chi connectivity index (χ4v) is 2.89. The van der Waals surface area contributed by atoms with Gasteiger partial charge in [-0.25, -0.2) is 9.97 Å². The van der Waals surface area contributed by atoms with Crippen LogP contribution in [0.25, 0.3) is 0 Å². The van der Waals surface area contributed by atoms with Gasteiger partial charge in [-0.05, 0) is 30.4 Å². The zero-order valence-corrected chi connectivity index (χ0v) is 12.8. The van der Waals surface area contributed by atoms with E-state index in [4.69, 9.17) is 0 Å². The summed E-state index contributed by atoms with van der Waals surface area (Å²) >= 11 is 1.73. The Morgan fingerprint density at radius 2 is 2.10 bits per heavy atom. The molecule has 1 amide bonds. The summed E-state index contributed by atoms with van der Waals surface area (Å²) in [6, 6.07) is 8.41. The number of thioether (sulfide) groups is 1. The molecule has 1 aromatic carbocycles. The monoisotopic (exact) mass is 299 g/mol. The van der Waals surface area contributed by atoms with Crippen molar-refractivity contribution in [2.24, 2.45) is 0 Å². The van der Waals surface area contributed by atoms with Gasteiger partial charge in [0.15, 0.2) is 0 Å². The third kappa shape index (κ3) is 3.24. The highest BCUT2D eigenvalue weighted by Crippen LogP contribution is 2.21. The molecule has 1 aliphatic rings. The Hall–Kier alpha value is -1.88. The molecule has 0 unspecified atom stereocenters. The molecule has 108 valence electrons. The molecule has 0 N–H and O–H groups in total. The molecule has 0 aliphatic carbocycles. The van der Waals surface area contributed by atoms with E-state index in [9.17, 15) is 4.79 Å². The fraction of sp³-hybridized carbons (Fsp3) is 0.312. The number of hydrogen-bond acceptors (Lipinski definition) is 4. The zero-order valence-electron chi connectivity index (χ0n) is 12.0. The molecule has 2 aromatic rings. The summed E-state index contributed by atoms with van der Waals surface area (Å²) in [5, 5.41) is 0. The minimum absolute atomic E-state index is 0.182. The standard InChI is InChI=1S/C16H17N3OS/c1-21-14-5-2-12(3-6-14)4-7-16(20)19-9-13-8-17-11-18-15(13)10-19/h2-3,5-6,8,11H,4,7,9-10H2,1H3. The highest BCUT2D eigenvalue weighted by atomic mass is 32.2. The maximum Gasteiger partial charge on any atom is 0.223 e.